The van der Waals surface area contributed by atoms with Crippen LogP contribution in [0.5, 0.6) is 0 Å². The molecule has 0 amide bonds. The number of hydrogen-bond acceptors (Lipinski definition) is 0. The Balaban J connectivity index is 0. The van der Waals surface area contributed by atoms with Gasteiger partial charge in [0, 0.05) is 4.70 Å². The minimum Gasteiger partial charge on any atom is 0 e. The van der Waals surface area contributed by atoms with Crippen molar-refractivity contribution in [1.29, 1.82) is 0 Å². The van der Waals surface area contributed by atoms with Crippen LogP contribution >= 0.6 is 0 Å². The van der Waals surface area contributed by atoms with Gasteiger partial charge >= 0.3 is 34.7 Å². The van der Waals surface area contributed by atoms with Gasteiger partial charge in [-0.2, -0.15) is 0 Å². The van der Waals surface area contributed by atoms with Crippen molar-refractivity contribution in [3.63, 3.8) is 0 Å². The SMILES string of the molecule is C[CH](C)[Cu].[F]. The van der Waals surface area contributed by atoms with Crippen LogP contribution in [0.2, 0.25) is 4.82 Å². The van der Waals surface area contributed by atoms with Crippen LogP contribution in [0.1, 0.15) is 13.8 Å². The molecule has 0 rings (SSSR count). The quantitative estimate of drug-likeness (QED) is 0.433. The van der Waals surface area contributed by atoms with Crippen LogP contribution in [-0.4, -0.2) is 0 Å². The third-order valence-corrected chi connectivity index (χ3v) is 0. The molecule has 0 bridgehead atoms. The Kier molecular flexibility index (Phi) is 8.07. The van der Waals surface area contributed by atoms with Crippen molar-refractivity contribution in [2.24, 2.45) is 0 Å². The molecule has 5 heavy (non-hydrogen) atoms. The molecule has 0 atom stereocenters. The summed E-state index contributed by atoms with van der Waals surface area (Å²) in [5.41, 5.74) is 0. The molecule has 0 saturated heterocycles. The standard InChI is InChI=1S/C3H7.Cu.F/c1-3-2;;/h3H,1-2H3;;. The maximum atomic E-state index is 4.74. The molecular formula is C3H7CuF. The molecule has 2 heteroatoms. The summed E-state index contributed by atoms with van der Waals surface area (Å²) in [5, 5.41) is 0. The van der Waals surface area contributed by atoms with Gasteiger partial charge in [-0.25, -0.2) is 0 Å². The number of hydrogen-bond donors (Lipinski definition) is 0. The second-order valence-electron chi connectivity index (χ2n) is 0.926. The molecule has 0 aliphatic rings. The van der Waals surface area contributed by atoms with Gasteiger partial charge in [-0.1, -0.05) is 0 Å². The van der Waals surface area contributed by atoms with Gasteiger partial charge in [-0.05, 0) is 0 Å². The second kappa shape index (κ2) is 4.45. The Hall–Kier alpha value is 0.449. The van der Waals surface area contributed by atoms with E-state index in [0.717, 1.165) is 0 Å². The zero-order valence-corrected chi connectivity index (χ0v) is 4.20. The average molecular weight is 126 g/mol. The van der Waals surface area contributed by atoms with Crippen LogP contribution < -0.4 is 0 Å². The van der Waals surface area contributed by atoms with Gasteiger partial charge in [0.2, 0.25) is 0 Å². The normalized spacial score (nSPS) is 7.40. The maximum absolute atomic E-state index is 4.74. The van der Waals surface area contributed by atoms with Crippen molar-refractivity contribution in [2.75, 3.05) is 0 Å². The maximum Gasteiger partial charge on any atom is 0 e. The van der Waals surface area contributed by atoms with E-state index < -0.39 is 0 Å². The van der Waals surface area contributed by atoms with Gasteiger partial charge < -0.3 is 0 Å². The van der Waals surface area contributed by atoms with Crippen LogP contribution in [0.15, 0.2) is 0 Å². The van der Waals surface area contributed by atoms with Crippen molar-refractivity contribution in [1.82, 2.24) is 0 Å². The molecule has 0 aliphatic heterocycles. The molecule has 0 N–H and O–H groups in total. The first kappa shape index (κ1) is 9.07. The summed E-state index contributed by atoms with van der Waals surface area (Å²) in [6, 6.07) is 0. The molecule has 0 heterocycles. The fraction of sp³-hybridized carbons (Fsp3) is 1.00. The zero-order chi connectivity index (χ0) is 3.58. The summed E-state index contributed by atoms with van der Waals surface area (Å²) in [7, 11) is 0. The Morgan fingerprint density at radius 1 is 1.40 bits per heavy atom. The summed E-state index contributed by atoms with van der Waals surface area (Å²) in [6.07, 6.45) is 0. The predicted molar refractivity (Wildman–Crippen MR) is 16.2 cm³/mol. The topological polar surface area (TPSA) is 0 Å². The van der Waals surface area contributed by atoms with Crippen molar-refractivity contribution in [3.8, 4) is 0 Å². The Labute approximate surface area is 40.1 Å². The molecule has 0 spiro atoms. The summed E-state index contributed by atoms with van der Waals surface area (Å²) >= 11 is 4.74. The van der Waals surface area contributed by atoms with Crippen molar-refractivity contribution >= 4 is 0 Å². The Morgan fingerprint density at radius 2 is 1.40 bits per heavy atom. The van der Waals surface area contributed by atoms with Crippen LogP contribution in [0.3, 0.4) is 0 Å². The molecule has 0 nitrogen and oxygen atoms in total. The first-order valence-electron chi connectivity index (χ1n) is 1.33. The first-order valence-corrected chi connectivity index (χ1v) is 1.87. The molecule has 0 fully saturated rings. The van der Waals surface area contributed by atoms with Crippen LogP contribution in [0.25, 0.3) is 0 Å². The van der Waals surface area contributed by atoms with Gasteiger partial charge in [0.15, 0.2) is 0 Å². The molecule has 0 aromatic rings. The van der Waals surface area contributed by atoms with Gasteiger partial charge in [-0.3, -0.25) is 0 Å². The van der Waals surface area contributed by atoms with Crippen molar-refractivity contribution in [3.05, 3.63) is 0 Å². The van der Waals surface area contributed by atoms with Crippen molar-refractivity contribution < 1.29 is 20.7 Å². The smallest absolute Gasteiger partial charge is 0 e. The third-order valence-electron chi connectivity index (χ3n) is 0. The molecule has 37 valence electrons. The minimum absolute atomic E-state index is 0. The fourth-order valence-corrected chi connectivity index (χ4v) is 0. The van der Waals surface area contributed by atoms with E-state index in [0.29, 0.717) is 4.82 Å². The van der Waals surface area contributed by atoms with Gasteiger partial charge in [0.05, 0.1) is 0 Å². The van der Waals surface area contributed by atoms with Gasteiger partial charge in [-0.15, -0.1) is 0 Å². The molecule has 1 radical (unpaired) electrons. The van der Waals surface area contributed by atoms with Crippen LogP contribution in [0, 0.1) is 0 Å². The summed E-state index contributed by atoms with van der Waals surface area (Å²) in [6.45, 7) is 3.94. The Bertz CT molecular complexity index is 11.6. The van der Waals surface area contributed by atoms with E-state index in [1.165, 1.54) is 0 Å². The molecule has 0 unspecified atom stereocenters. The first-order chi connectivity index (χ1) is 1.73. The number of rotatable bonds is 0. The van der Waals surface area contributed by atoms with Crippen LogP contribution in [-0.2, 0) is 16.0 Å². The zero-order valence-electron chi connectivity index (χ0n) is 3.26. The fourth-order valence-electron chi connectivity index (χ4n) is 0. The van der Waals surface area contributed by atoms with Crippen molar-refractivity contribution in [2.45, 2.75) is 18.7 Å². The van der Waals surface area contributed by atoms with E-state index in [2.05, 4.69) is 0 Å². The minimum atomic E-state index is 0. The summed E-state index contributed by atoms with van der Waals surface area (Å²) < 4.78 is 0. The van der Waals surface area contributed by atoms with E-state index in [9.17, 15) is 0 Å². The largest absolute Gasteiger partial charge is 0 e. The van der Waals surface area contributed by atoms with E-state index in [-0.39, 0.29) is 4.70 Å². The third kappa shape index (κ3) is 132. The van der Waals surface area contributed by atoms with E-state index in [1.807, 2.05) is 13.8 Å². The summed E-state index contributed by atoms with van der Waals surface area (Å²) in [5.74, 6) is 0. The van der Waals surface area contributed by atoms with Gasteiger partial charge in [0.25, 0.3) is 0 Å². The molecule has 0 aliphatic carbocycles. The molecular weight excluding hydrogens is 119 g/mol. The molecule has 0 aromatic carbocycles. The second-order valence-corrected chi connectivity index (χ2v) is 2.01. The van der Waals surface area contributed by atoms with Crippen LogP contribution in [0.4, 0.5) is 4.70 Å². The average Bonchev–Trinajstić information content (AvgIpc) is 0.811. The molecule has 0 aromatic heterocycles. The molecule has 0 saturated carbocycles. The monoisotopic (exact) mass is 125 g/mol. The van der Waals surface area contributed by atoms with E-state index >= 15 is 0 Å². The predicted octanol–water partition coefficient (Wildman–Crippen LogP) is 1.78. The van der Waals surface area contributed by atoms with Gasteiger partial charge in [0.1, 0.15) is 0 Å². The van der Waals surface area contributed by atoms with E-state index in [1.54, 1.807) is 0 Å². The number of halogens is 1. The summed E-state index contributed by atoms with van der Waals surface area (Å²) in [4.78, 5) is 0.396. The van der Waals surface area contributed by atoms with E-state index in [4.69, 9.17) is 16.0 Å². The Morgan fingerprint density at radius 3 is 1.40 bits per heavy atom.